The second-order valence-corrected chi connectivity index (χ2v) is 2.06. The molecule has 0 radical (unpaired) electrons. The van der Waals surface area contributed by atoms with E-state index in [1.807, 2.05) is 0 Å². The molecule has 32 valence electrons. The first kappa shape index (κ1) is 16.4. The van der Waals surface area contributed by atoms with E-state index in [0.29, 0.717) is 0 Å². The maximum atomic E-state index is 8.62. The molecule has 0 spiro atoms. The molecular formula is MgO4SrTi. The molecule has 7 heteroatoms. The van der Waals surface area contributed by atoms with Crippen molar-refractivity contribution >= 4 is 68.5 Å². The molecule has 0 aliphatic heterocycles. The molecule has 7 heavy (non-hydrogen) atoms. The fourth-order valence-electron chi connectivity index (χ4n) is 0. The minimum atomic E-state index is -6.00. The van der Waals surface area contributed by atoms with Gasteiger partial charge in [0.05, 0.1) is 0 Å². The Kier molecular flexibility index (Phi) is 16.2. The molecule has 0 saturated heterocycles. The molecule has 0 aromatic carbocycles. The summed E-state index contributed by atoms with van der Waals surface area (Å²) in [6.45, 7) is 0. The van der Waals surface area contributed by atoms with E-state index in [9.17, 15) is 0 Å². The van der Waals surface area contributed by atoms with Crippen molar-refractivity contribution in [3.63, 3.8) is 0 Å². The van der Waals surface area contributed by atoms with Gasteiger partial charge in [0, 0.05) is 0 Å². The SMILES string of the molecule is [Mg+2].[O-][Ti]([O-])([O-])[O-].[Sr+2]. The monoisotopic (exact) mass is 224 g/mol. The van der Waals surface area contributed by atoms with Crippen molar-refractivity contribution < 1.29 is 32.9 Å². The first-order valence-electron chi connectivity index (χ1n) is 0.816. The van der Waals surface area contributed by atoms with Crippen LogP contribution in [0.5, 0.6) is 0 Å². The van der Waals surface area contributed by atoms with Crippen LogP contribution in [0.15, 0.2) is 0 Å². The average molecular weight is 224 g/mol. The first-order valence-corrected chi connectivity index (χ1v) is 3.37. The van der Waals surface area contributed by atoms with E-state index in [1.165, 1.54) is 0 Å². The number of hydrogen-bond donors (Lipinski definition) is 0. The van der Waals surface area contributed by atoms with Gasteiger partial charge < -0.3 is 0 Å². The third-order valence-corrected chi connectivity index (χ3v) is 0. The van der Waals surface area contributed by atoms with Crippen LogP contribution in [-0.4, -0.2) is 68.5 Å². The summed E-state index contributed by atoms with van der Waals surface area (Å²) in [7, 11) is 0. The molecule has 0 heterocycles. The van der Waals surface area contributed by atoms with E-state index < -0.39 is 18.1 Å². The van der Waals surface area contributed by atoms with Gasteiger partial charge in [-0.25, -0.2) is 0 Å². The van der Waals surface area contributed by atoms with Crippen molar-refractivity contribution in [1.82, 2.24) is 0 Å². The van der Waals surface area contributed by atoms with E-state index in [1.54, 1.807) is 0 Å². The predicted molar refractivity (Wildman–Crippen MR) is 11.5 cm³/mol. The molecular weight excluding hydrogens is 224 g/mol. The molecule has 0 aliphatic carbocycles. The van der Waals surface area contributed by atoms with Gasteiger partial charge in [-0.05, 0) is 0 Å². The number of rotatable bonds is 0. The molecule has 0 atom stereocenters. The van der Waals surface area contributed by atoms with Crippen LogP contribution in [0, 0.1) is 0 Å². The van der Waals surface area contributed by atoms with Gasteiger partial charge in [0.1, 0.15) is 0 Å². The topological polar surface area (TPSA) is 92.2 Å². The summed E-state index contributed by atoms with van der Waals surface area (Å²) in [6, 6.07) is 0. The number of hydrogen-bond acceptors (Lipinski definition) is 4. The summed E-state index contributed by atoms with van der Waals surface area (Å²) in [5.74, 6) is 0. The van der Waals surface area contributed by atoms with Gasteiger partial charge in [0.2, 0.25) is 0 Å². The molecule has 0 aromatic heterocycles. The quantitative estimate of drug-likeness (QED) is 0.383. The smallest absolute Gasteiger partial charge is 2.00 e. The Morgan fingerprint density at radius 2 is 0.857 bits per heavy atom. The third kappa shape index (κ3) is 51.9. The summed E-state index contributed by atoms with van der Waals surface area (Å²) in [4.78, 5) is 0. The molecule has 4 nitrogen and oxygen atoms in total. The van der Waals surface area contributed by atoms with Crippen LogP contribution in [0.25, 0.3) is 0 Å². The van der Waals surface area contributed by atoms with Gasteiger partial charge in [-0.1, -0.05) is 0 Å². The molecule has 0 rings (SSSR count). The molecule has 0 aromatic rings. The van der Waals surface area contributed by atoms with E-state index in [4.69, 9.17) is 14.8 Å². The first-order chi connectivity index (χ1) is 2.00. The van der Waals surface area contributed by atoms with Crippen LogP contribution < -0.4 is 14.8 Å². The van der Waals surface area contributed by atoms with Crippen LogP contribution >= 0.6 is 0 Å². The van der Waals surface area contributed by atoms with Crippen LogP contribution in [0.1, 0.15) is 0 Å². The van der Waals surface area contributed by atoms with Crippen LogP contribution in [0.2, 0.25) is 0 Å². The summed E-state index contributed by atoms with van der Waals surface area (Å²) < 4.78 is 34.5. The Hall–Kier alpha value is 2.80. The van der Waals surface area contributed by atoms with Gasteiger partial charge in [0.15, 0.2) is 0 Å². The van der Waals surface area contributed by atoms with Crippen molar-refractivity contribution in [3.05, 3.63) is 0 Å². The molecule has 0 bridgehead atoms. The summed E-state index contributed by atoms with van der Waals surface area (Å²) >= 11 is -6.00. The van der Waals surface area contributed by atoms with Crippen molar-refractivity contribution in [2.24, 2.45) is 0 Å². The van der Waals surface area contributed by atoms with Gasteiger partial charge >= 0.3 is 101 Å². The zero-order chi connectivity index (χ0) is 4.50. The molecule has 0 saturated carbocycles. The second kappa shape index (κ2) is 6.91. The van der Waals surface area contributed by atoms with Crippen molar-refractivity contribution in [2.45, 2.75) is 0 Å². The van der Waals surface area contributed by atoms with Crippen LogP contribution in [-0.2, 0) is 18.1 Å². The van der Waals surface area contributed by atoms with E-state index in [-0.39, 0.29) is 68.5 Å². The van der Waals surface area contributed by atoms with E-state index in [0.717, 1.165) is 0 Å². The van der Waals surface area contributed by atoms with Gasteiger partial charge in [-0.15, -0.1) is 0 Å². The fraction of sp³-hybridized carbons (Fsp3) is 0. The van der Waals surface area contributed by atoms with Gasteiger partial charge in [-0.3, -0.25) is 0 Å². The zero-order valence-corrected chi connectivity index (χ0v) is 10.00. The normalized spacial score (nSPS) is 8.57. The Labute approximate surface area is 99.2 Å². The fourth-order valence-corrected chi connectivity index (χ4v) is 0. The summed E-state index contributed by atoms with van der Waals surface area (Å²) in [5, 5.41) is 0. The van der Waals surface area contributed by atoms with Crippen LogP contribution in [0.3, 0.4) is 0 Å². The van der Waals surface area contributed by atoms with E-state index >= 15 is 0 Å². The molecule has 0 N–H and O–H groups in total. The van der Waals surface area contributed by atoms with Crippen molar-refractivity contribution in [1.29, 1.82) is 0 Å². The minimum absolute atomic E-state index is 0. The van der Waals surface area contributed by atoms with Gasteiger partial charge in [0.25, 0.3) is 0 Å². The standard InChI is InChI=1S/Mg.4O.Sr.Ti/q+2;4*-1;+2;. The molecule has 0 amide bonds. The molecule has 0 aliphatic rings. The Bertz CT molecular complexity index is 27.2. The largest absolute Gasteiger partial charge is 2.00 e. The molecule has 0 unspecified atom stereocenters. The minimum Gasteiger partial charge on any atom is 2.00 e. The predicted octanol–water partition coefficient (Wildman–Crippen LogP) is -5.52. The second-order valence-electron chi connectivity index (χ2n) is 0.500. The van der Waals surface area contributed by atoms with Gasteiger partial charge in [-0.2, -0.15) is 0 Å². The maximum absolute atomic E-state index is 8.62. The van der Waals surface area contributed by atoms with E-state index in [2.05, 4.69) is 0 Å². The van der Waals surface area contributed by atoms with Crippen LogP contribution in [0.4, 0.5) is 0 Å². The Morgan fingerprint density at radius 1 is 0.857 bits per heavy atom. The maximum Gasteiger partial charge on any atom is 2.00 e. The molecule has 0 fully saturated rings. The third-order valence-electron chi connectivity index (χ3n) is 0. The Morgan fingerprint density at radius 3 is 0.857 bits per heavy atom. The Balaban J connectivity index is -0.0000000800. The van der Waals surface area contributed by atoms with Crippen molar-refractivity contribution in [3.8, 4) is 0 Å². The van der Waals surface area contributed by atoms with Crippen molar-refractivity contribution in [2.75, 3.05) is 0 Å². The zero-order valence-electron chi connectivity index (χ0n) is 3.55. The summed E-state index contributed by atoms with van der Waals surface area (Å²) in [6.07, 6.45) is 0. The summed E-state index contributed by atoms with van der Waals surface area (Å²) in [5.41, 5.74) is 0. The average Bonchev–Trinajstić information content (AvgIpc) is 0.722.